The van der Waals surface area contributed by atoms with Crippen LogP contribution in [0.5, 0.6) is 0 Å². The monoisotopic (exact) mass is 380 g/mol. The fourth-order valence-corrected chi connectivity index (χ4v) is 3.19. The van der Waals surface area contributed by atoms with Crippen LogP contribution >= 0.6 is 11.6 Å². The molecule has 1 unspecified atom stereocenters. The van der Waals surface area contributed by atoms with Crippen LogP contribution in [0.4, 0.5) is 11.5 Å². The van der Waals surface area contributed by atoms with E-state index < -0.39 is 0 Å². The van der Waals surface area contributed by atoms with Crippen LogP contribution in [0.1, 0.15) is 38.6 Å². The highest BCUT2D eigenvalue weighted by molar-refractivity contribution is 6.28. The van der Waals surface area contributed by atoms with Gasteiger partial charge in [0.2, 0.25) is 17.1 Å². The van der Waals surface area contributed by atoms with Crippen molar-refractivity contribution in [1.29, 1.82) is 0 Å². The Hall–Kier alpha value is -1.93. The van der Waals surface area contributed by atoms with Crippen molar-refractivity contribution in [3.63, 3.8) is 0 Å². The van der Waals surface area contributed by atoms with E-state index in [1.807, 2.05) is 0 Å². The summed E-state index contributed by atoms with van der Waals surface area (Å²) in [6, 6.07) is -0.0727. The Labute approximate surface area is 158 Å². The molecule has 0 aromatic carbocycles. The maximum Gasteiger partial charge on any atom is 0.238 e. The second-order valence-corrected chi connectivity index (χ2v) is 7.17. The van der Waals surface area contributed by atoms with Crippen LogP contribution < -0.4 is 9.80 Å². The number of halogens is 1. The molecule has 0 bridgehead atoms. The standard InChI is InChI=1S/C17H25ClN6O2/c1-11(2)9-14-21-22-16(26-14)12(3)24-6-5-23(7-8-25-4)15-13(24)10-19-17(18)20-15/h10-12H,5-9H2,1-4H3. The predicted molar refractivity (Wildman–Crippen MR) is 99.7 cm³/mol. The first kappa shape index (κ1) is 18.8. The molecule has 0 fully saturated rings. The first-order valence-electron chi connectivity index (χ1n) is 8.85. The molecule has 0 radical (unpaired) electrons. The maximum atomic E-state index is 6.03. The number of fused-ring (bicyclic) bond motifs is 1. The molecule has 0 saturated carbocycles. The fraction of sp³-hybridized carbons (Fsp3) is 0.647. The third kappa shape index (κ3) is 4.07. The second-order valence-electron chi connectivity index (χ2n) is 6.83. The van der Waals surface area contributed by atoms with Gasteiger partial charge in [-0.15, -0.1) is 10.2 Å². The van der Waals surface area contributed by atoms with Crippen LogP contribution in [0.15, 0.2) is 10.6 Å². The highest BCUT2D eigenvalue weighted by Crippen LogP contribution is 2.36. The van der Waals surface area contributed by atoms with Gasteiger partial charge in [-0.25, -0.2) is 4.98 Å². The van der Waals surface area contributed by atoms with E-state index >= 15 is 0 Å². The number of methoxy groups -OCH3 is 1. The van der Waals surface area contributed by atoms with Crippen LogP contribution in [0.2, 0.25) is 5.28 Å². The predicted octanol–water partition coefficient (Wildman–Crippen LogP) is 2.75. The van der Waals surface area contributed by atoms with Gasteiger partial charge in [-0.05, 0) is 24.4 Å². The van der Waals surface area contributed by atoms with Crippen LogP contribution in [-0.4, -0.2) is 53.5 Å². The number of aromatic nitrogens is 4. The molecule has 0 aliphatic carbocycles. The zero-order chi connectivity index (χ0) is 18.7. The fourth-order valence-electron chi connectivity index (χ4n) is 3.06. The van der Waals surface area contributed by atoms with E-state index in [2.05, 4.69) is 50.7 Å². The van der Waals surface area contributed by atoms with E-state index in [-0.39, 0.29) is 11.3 Å². The summed E-state index contributed by atoms with van der Waals surface area (Å²) in [4.78, 5) is 12.9. The van der Waals surface area contributed by atoms with E-state index in [1.54, 1.807) is 13.3 Å². The lowest BCUT2D eigenvalue weighted by molar-refractivity contribution is 0.205. The molecule has 9 heteroatoms. The van der Waals surface area contributed by atoms with Gasteiger partial charge in [-0.2, -0.15) is 4.98 Å². The van der Waals surface area contributed by atoms with Gasteiger partial charge < -0.3 is 19.0 Å². The first-order valence-corrected chi connectivity index (χ1v) is 9.22. The Morgan fingerprint density at radius 3 is 2.81 bits per heavy atom. The minimum Gasteiger partial charge on any atom is -0.423 e. The number of hydrogen-bond donors (Lipinski definition) is 0. The number of hydrogen-bond acceptors (Lipinski definition) is 8. The summed E-state index contributed by atoms with van der Waals surface area (Å²) in [7, 11) is 1.69. The molecule has 8 nitrogen and oxygen atoms in total. The summed E-state index contributed by atoms with van der Waals surface area (Å²) in [5, 5.41) is 8.65. The summed E-state index contributed by atoms with van der Waals surface area (Å²) in [5.41, 5.74) is 0.910. The summed E-state index contributed by atoms with van der Waals surface area (Å²) in [5.74, 6) is 2.56. The number of rotatable bonds is 7. The molecular formula is C17H25ClN6O2. The van der Waals surface area contributed by atoms with Crippen LogP contribution in [-0.2, 0) is 11.2 Å². The van der Waals surface area contributed by atoms with Crippen molar-refractivity contribution >= 4 is 23.1 Å². The zero-order valence-electron chi connectivity index (χ0n) is 15.6. The van der Waals surface area contributed by atoms with E-state index in [4.69, 9.17) is 20.8 Å². The molecule has 0 amide bonds. The Morgan fingerprint density at radius 2 is 2.08 bits per heavy atom. The third-order valence-corrected chi connectivity index (χ3v) is 4.58. The number of nitrogens with zero attached hydrogens (tertiary/aromatic N) is 6. The molecule has 0 saturated heterocycles. The van der Waals surface area contributed by atoms with Crippen molar-refractivity contribution in [2.75, 3.05) is 43.2 Å². The van der Waals surface area contributed by atoms with Crippen molar-refractivity contribution in [3.8, 4) is 0 Å². The Bertz CT molecular complexity index is 738. The lowest BCUT2D eigenvalue weighted by atomic mass is 10.1. The Morgan fingerprint density at radius 1 is 1.27 bits per heavy atom. The van der Waals surface area contributed by atoms with Gasteiger partial charge in [0.1, 0.15) is 6.04 Å². The summed E-state index contributed by atoms with van der Waals surface area (Å²) >= 11 is 6.03. The molecule has 1 atom stereocenters. The highest BCUT2D eigenvalue weighted by atomic mass is 35.5. The molecule has 26 heavy (non-hydrogen) atoms. The highest BCUT2D eigenvalue weighted by Gasteiger charge is 2.30. The van der Waals surface area contributed by atoms with Crippen LogP contribution in [0, 0.1) is 5.92 Å². The van der Waals surface area contributed by atoms with Crippen molar-refractivity contribution in [1.82, 2.24) is 20.2 Å². The summed E-state index contributed by atoms with van der Waals surface area (Å²) in [6.07, 6.45) is 2.53. The van der Waals surface area contributed by atoms with E-state index in [9.17, 15) is 0 Å². The molecule has 0 N–H and O–H groups in total. The quantitative estimate of drug-likeness (QED) is 0.678. The third-order valence-electron chi connectivity index (χ3n) is 4.40. The van der Waals surface area contributed by atoms with Crippen molar-refractivity contribution in [2.45, 2.75) is 33.2 Å². The van der Waals surface area contributed by atoms with E-state index in [0.717, 1.165) is 37.6 Å². The molecule has 3 heterocycles. The van der Waals surface area contributed by atoms with Crippen LogP contribution in [0.3, 0.4) is 0 Å². The zero-order valence-corrected chi connectivity index (χ0v) is 16.4. The summed E-state index contributed by atoms with van der Waals surface area (Å²) in [6.45, 7) is 9.28. The first-order chi connectivity index (χ1) is 12.5. The molecule has 0 spiro atoms. The molecule has 142 valence electrons. The molecular weight excluding hydrogens is 356 g/mol. The molecule has 1 aliphatic heterocycles. The smallest absolute Gasteiger partial charge is 0.238 e. The van der Waals surface area contributed by atoms with Crippen LogP contribution in [0.25, 0.3) is 0 Å². The number of ether oxygens (including phenoxy) is 1. The Balaban J connectivity index is 1.84. The second kappa shape index (κ2) is 8.18. The maximum absolute atomic E-state index is 6.03. The lowest BCUT2D eigenvalue weighted by Gasteiger charge is -2.39. The topological polar surface area (TPSA) is 80.4 Å². The minimum atomic E-state index is -0.0727. The average molecular weight is 381 g/mol. The Kier molecular flexibility index (Phi) is 5.93. The van der Waals surface area contributed by atoms with Crippen molar-refractivity contribution < 1.29 is 9.15 Å². The average Bonchev–Trinajstić information content (AvgIpc) is 3.06. The number of anilines is 2. The minimum absolute atomic E-state index is 0.0727. The van der Waals surface area contributed by atoms with Gasteiger partial charge in [-0.3, -0.25) is 0 Å². The van der Waals surface area contributed by atoms with Gasteiger partial charge in [-0.1, -0.05) is 13.8 Å². The normalized spacial score (nSPS) is 15.5. The molecule has 1 aliphatic rings. The molecule has 2 aromatic heterocycles. The van der Waals surface area contributed by atoms with Crippen molar-refractivity contribution in [3.05, 3.63) is 23.3 Å². The van der Waals surface area contributed by atoms with E-state index in [0.29, 0.717) is 24.3 Å². The van der Waals surface area contributed by atoms with E-state index in [1.165, 1.54) is 0 Å². The SMILES string of the molecule is COCCN1CCN(C(C)c2nnc(CC(C)C)o2)c2cnc(Cl)nc21. The van der Waals surface area contributed by atoms with Gasteiger partial charge in [0, 0.05) is 33.2 Å². The largest absolute Gasteiger partial charge is 0.423 e. The van der Waals surface area contributed by atoms with Crippen molar-refractivity contribution in [2.24, 2.45) is 5.92 Å². The van der Waals surface area contributed by atoms with Gasteiger partial charge in [0.05, 0.1) is 18.5 Å². The lowest BCUT2D eigenvalue weighted by Crippen LogP contribution is -2.44. The van der Waals surface area contributed by atoms with Gasteiger partial charge >= 0.3 is 0 Å². The molecule has 2 aromatic rings. The molecule has 3 rings (SSSR count). The summed E-state index contributed by atoms with van der Waals surface area (Å²) < 4.78 is 11.1. The van der Waals surface area contributed by atoms with Gasteiger partial charge in [0.25, 0.3) is 0 Å². The van der Waals surface area contributed by atoms with Gasteiger partial charge in [0.15, 0.2) is 5.82 Å².